The van der Waals surface area contributed by atoms with Gasteiger partial charge in [0.25, 0.3) is 10.0 Å². The highest BCUT2D eigenvalue weighted by atomic mass is 32.2. The fraction of sp³-hybridized carbons (Fsp3) is 0.150. The highest BCUT2D eigenvalue weighted by Gasteiger charge is 2.16. The van der Waals surface area contributed by atoms with Gasteiger partial charge in [-0.3, -0.25) is 4.72 Å². The maximum Gasteiger partial charge on any atom is 0.262 e. The monoisotopic (exact) mass is 367 g/mol. The van der Waals surface area contributed by atoms with Crippen molar-refractivity contribution in [3.05, 3.63) is 77.5 Å². The summed E-state index contributed by atoms with van der Waals surface area (Å²) < 4.78 is 27.6. The van der Waals surface area contributed by atoms with Crippen LogP contribution in [0.3, 0.4) is 0 Å². The Kier molecular flexibility index (Phi) is 4.95. The van der Waals surface area contributed by atoms with Crippen LogP contribution in [0.5, 0.6) is 0 Å². The van der Waals surface area contributed by atoms with Gasteiger partial charge >= 0.3 is 0 Å². The van der Waals surface area contributed by atoms with E-state index in [2.05, 4.69) is 21.1 Å². The molecule has 0 spiro atoms. The van der Waals surface area contributed by atoms with E-state index in [0.29, 0.717) is 17.1 Å². The molecule has 1 aromatic heterocycles. The Morgan fingerprint density at radius 3 is 2.15 bits per heavy atom. The van der Waals surface area contributed by atoms with Crippen LogP contribution in [0.1, 0.15) is 16.7 Å². The van der Waals surface area contributed by atoms with Gasteiger partial charge in [0.2, 0.25) is 0 Å². The molecule has 134 valence electrons. The van der Waals surface area contributed by atoms with Crippen molar-refractivity contribution in [1.82, 2.24) is 4.98 Å². The van der Waals surface area contributed by atoms with Gasteiger partial charge < -0.3 is 5.32 Å². The second-order valence-corrected chi connectivity index (χ2v) is 7.96. The Bertz CT molecular complexity index is 1010. The van der Waals surface area contributed by atoms with Gasteiger partial charge in [-0.15, -0.1) is 0 Å². The summed E-state index contributed by atoms with van der Waals surface area (Å²) in [6.07, 6.45) is 1.50. The number of pyridine rings is 1. The number of nitrogens with one attached hydrogen (secondary N) is 2. The summed E-state index contributed by atoms with van der Waals surface area (Å²) in [6, 6.07) is 16.5. The van der Waals surface area contributed by atoms with Crippen LogP contribution in [0.15, 0.2) is 65.7 Å². The molecule has 0 bridgehead atoms. The lowest BCUT2D eigenvalue weighted by Gasteiger charge is -2.11. The van der Waals surface area contributed by atoms with Crippen molar-refractivity contribution in [2.45, 2.75) is 25.7 Å². The van der Waals surface area contributed by atoms with Crippen LogP contribution in [0.25, 0.3) is 0 Å². The fourth-order valence-electron chi connectivity index (χ4n) is 2.79. The van der Waals surface area contributed by atoms with Gasteiger partial charge in [-0.2, -0.15) is 0 Å². The minimum absolute atomic E-state index is 0.262. The third-order valence-electron chi connectivity index (χ3n) is 3.89. The standard InChI is InChI=1S/C20H21N3O2S/c1-14-10-15(2)12-18(11-14)22-20-9-8-17(13-21-20)23-26(24,25)19-7-5-4-6-16(19)3/h4-13,23H,1-3H3,(H,21,22). The van der Waals surface area contributed by atoms with Gasteiger partial charge in [0.15, 0.2) is 0 Å². The second kappa shape index (κ2) is 7.17. The molecule has 26 heavy (non-hydrogen) atoms. The number of nitrogens with zero attached hydrogens (tertiary/aromatic N) is 1. The van der Waals surface area contributed by atoms with Gasteiger partial charge in [0, 0.05) is 5.69 Å². The number of aryl methyl sites for hydroxylation is 3. The minimum atomic E-state index is -3.64. The Morgan fingerprint density at radius 1 is 0.846 bits per heavy atom. The summed E-state index contributed by atoms with van der Waals surface area (Å²) in [4.78, 5) is 4.56. The molecular formula is C20H21N3O2S. The number of anilines is 3. The van der Waals surface area contributed by atoms with Crippen LogP contribution < -0.4 is 10.0 Å². The first-order valence-electron chi connectivity index (χ1n) is 8.23. The molecule has 0 atom stereocenters. The molecular weight excluding hydrogens is 346 g/mol. The number of sulfonamides is 1. The first-order chi connectivity index (χ1) is 12.3. The Balaban J connectivity index is 1.76. The van der Waals surface area contributed by atoms with E-state index in [0.717, 1.165) is 16.8 Å². The molecule has 0 unspecified atom stereocenters. The van der Waals surface area contributed by atoms with Gasteiger partial charge in [-0.05, 0) is 67.8 Å². The molecule has 2 aromatic carbocycles. The van der Waals surface area contributed by atoms with E-state index < -0.39 is 10.0 Å². The summed E-state index contributed by atoms with van der Waals surface area (Å²) in [5, 5.41) is 3.23. The minimum Gasteiger partial charge on any atom is -0.340 e. The summed E-state index contributed by atoms with van der Waals surface area (Å²) in [7, 11) is -3.64. The highest BCUT2D eigenvalue weighted by Crippen LogP contribution is 2.21. The van der Waals surface area contributed by atoms with Gasteiger partial charge in [0.1, 0.15) is 5.82 Å². The van der Waals surface area contributed by atoms with Crippen molar-refractivity contribution < 1.29 is 8.42 Å². The summed E-state index contributed by atoms with van der Waals surface area (Å²) in [6.45, 7) is 5.84. The quantitative estimate of drug-likeness (QED) is 0.694. The maximum absolute atomic E-state index is 12.5. The lowest BCUT2D eigenvalue weighted by Crippen LogP contribution is -2.14. The van der Waals surface area contributed by atoms with E-state index in [1.54, 1.807) is 37.3 Å². The van der Waals surface area contributed by atoms with Crippen LogP contribution in [0, 0.1) is 20.8 Å². The van der Waals surface area contributed by atoms with Crippen molar-refractivity contribution in [2.24, 2.45) is 0 Å². The molecule has 0 amide bonds. The smallest absolute Gasteiger partial charge is 0.262 e. The van der Waals surface area contributed by atoms with Crippen LogP contribution in [-0.2, 0) is 10.0 Å². The largest absolute Gasteiger partial charge is 0.340 e. The lowest BCUT2D eigenvalue weighted by molar-refractivity contribution is 0.600. The Labute approximate surface area is 154 Å². The second-order valence-electron chi connectivity index (χ2n) is 6.30. The van der Waals surface area contributed by atoms with E-state index in [1.165, 1.54) is 6.20 Å². The molecule has 0 radical (unpaired) electrons. The normalized spacial score (nSPS) is 11.2. The number of benzene rings is 2. The lowest BCUT2D eigenvalue weighted by atomic mass is 10.1. The molecule has 1 heterocycles. The fourth-order valence-corrected chi connectivity index (χ4v) is 4.08. The van der Waals surface area contributed by atoms with Crippen molar-refractivity contribution in [3.8, 4) is 0 Å². The van der Waals surface area contributed by atoms with E-state index in [9.17, 15) is 8.42 Å². The molecule has 6 heteroatoms. The summed E-state index contributed by atoms with van der Waals surface area (Å²) >= 11 is 0. The van der Waals surface area contributed by atoms with E-state index in [4.69, 9.17) is 0 Å². The highest BCUT2D eigenvalue weighted by molar-refractivity contribution is 7.92. The number of rotatable bonds is 5. The molecule has 0 saturated heterocycles. The van der Waals surface area contributed by atoms with Crippen molar-refractivity contribution >= 4 is 27.2 Å². The molecule has 2 N–H and O–H groups in total. The van der Waals surface area contributed by atoms with E-state index in [-0.39, 0.29) is 4.90 Å². The van der Waals surface area contributed by atoms with Gasteiger partial charge in [0.05, 0.1) is 16.8 Å². The molecule has 0 aliphatic carbocycles. The van der Waals surface area contributed by atoms with Crippen molar-refractivity contribution in [1.29, 1.82) is 0 Å². The van der Waals surface area contributed by atoms with Gasteiger partial charge in [-0.25, -0.2) is 13.4 Å². The topological polar surface area (TPSA) is 71.1 Å². The molecule has 0 fully saturated rings. The van der Waals surface area contributed by atoms with E-state index in [1.807, 2.05) is 32.0 Å². The first kappa shape index (κ1) is 17.9. The van der Waals surface area contributed by atoms with Gasteiger partial charge in [-0.1, -0.05) is 24.3 Å². The maximum atomic E-state index is 12.5. The number of hydrogen-bond acceptors (Lipinski definition) is 4. The number of aromatic nitrogens is 1. The van der Waals surface area contributed by atoms with Crippen LogP contribution in [-0.4, -0.2) is 13.4 Å². The zero-order valence-electron chi connectivity index (χ0n) is 14.9. The van der Waals surface area contributed by atoms with Crippen LogP contribution in [0.4, 0.5) is 17.2 Å². The average Bonchev–Trinajstić information content (AvgIpc) is 2.56. The molecule has 0 saturated carbocycles. The predicted octanol–water partition coefficient (Wildman–Crippen LogP) is 4.55. The Morgan fingerprint density at radius 2 is 1.54 bits per heavy atom. The molecule has 0 aliphatic heterocycles. The Hall–Kier alpha value is -2.86. The molecule has 5 nitrogen and oxygen atoms in total. The van der Waals surface area contributed by atoms with E-state index >= 15 is 0 Å². The summed E-state index contributed by atoms with van der Waals surface area (Å²) in [5.41, 5.74) is 4.38. The molecule has 3 aromatic rings. The van der Waals surface area contributed by atoms with Crippen molar-refractivity contribution in [3.63, 3.8) is 0 Å². The third kappa shape index (κ3) is 4.21. The first-order valence-corrected chi connectivity index (χ1v) is 9.72. The van der Waals surface area contributed by atoms with Crippen molar-refractivity contribution in [2.75, 3.05) is 10.0 Å². The third-order valence-corrected chi connectivity index (χ3v) is 5.43. The number of hydrogen-bond donors (Lipinski definition) is 2. The van der Waals surface area contributed by atoms with Crippen LogP contribution in [0.2, 0.25) is 0 Å². The summed E-state index contributed by atoms with van der Waals surface area (Å²) in [5.74, 6) is 0.647. The SMILES string of the molecule is Cc1cc(C)cc(Nc2ccc(NS(=O)(=O)c3ccccc3C)cn2)c1. The molecule has 0 aliphatic rings. The zero-order chi connectivity index (χ0) is 18.7. The predicted molar refractivity (Wildman–Crippen MR) is 105 cm³/mol. The average molecular weight is 367 g/mol. The zero-order valence-corrected chi connectivity index (χ0v) is 15.8. The molecule has 3 rings (SSSR count). The van der Waals surface area contributed by atoms with Crippen LogP contribution >= 0.6 is 0 Å².